The molecular formula is C12H21N3O. The lowest BCUT2D eigenvalue weighted by Gasteiger charge is -2.19. The van der Waals surface area contributed by atoms with Gasteiger partial charge in [-0.2, -0.15) is 5.10 Å². The molecule has 90 valence electrons. The molecule has 0 radical (unpaired) electrons. The molecule has 2 N–H and O–H groups in total. The predicted octanol–water partition coefficient (Wildman–Crippen LogP) is 2.24. The van der Waals surface area contributed by atoms with Crippen LogP contribution >= 0.6 is 0 Å². The fraction of sp³-hybridized carbons (Fsp3) is 0.667. The van der Waals surface area contributed by atoms with Crippen LogP contribution < -0.4 is 5.32 Å². The molecule has 0 saturated carbocycles. The zero-order valence-corrected chi connectivity index (χ0v) is 10.9. The Morgan fingerprint density at radius 3 is 2.19 bits per heavy atom. The zero-order chi connectivity index (χ0) is 12.6. The van der Waals surface area contributed by atoms with Crippen LogP contribution in [0, 0.1) is 0 Å². The smallest absolute Gasteiger partial charge is 0.272 e. The first-order chi connectivity index (χ1) is 7.09. The lowest BCUT2D eigenvalue weighted by atomic mass is 9.92. The van der Waals surface area contributed by atoms with E-state index in [0.717, 1.165) is 5.69 Å². The summed E-state index contributed by atoms with van der Waals surface area (Å²) < 4.78 is 0. The molecule has 1 aromatic heterocycles. The Morgan fingerprint density at radius 1 is 1.25 bits per heavy atom. The molecule has 0 aliphatic rings. The number of hydrogen-bond acceptors (Lipinski definition) is 2. The number of hydrogen-bond donors (Lipinski definition) is 2. The molecule has 0 unspecified atom stereocenters. The Bertz CT molecular complexity index is 380. The van der Waals surface area contributed by atoms with Crippen molar-refractivity contribution in [2.24, 2.45) is 0 Å². The van der Waals surface area contributed by atoms with Gasteiger partial charge in [0, 0.05) is 16.6 Å². The maximum Gasteiger partial charge on any atom is 0.272 e. The SMILES string of the molecule is CC(C)(C)NC(=O)c1cc(C(C)(C)C)[nH]n1. The molecule has 0 fully saturated rings. The minimum absolute atomic E-state index is 0.0206. The molecule has 1 amide bonds. The molecule has 0 bridgehead atoms. The highest BCUT2D eigenvalue weighted by Crippen LogP contribution is 2.20. The molecule has 0 aliphatic carbocycles. The van der Waals surface area contributed by atoms with E-state index in [0.29, 0.717) is 5.69 Å². The van der Waals surface area contributed by atoms with Crippen LogP contribution in [0.3, 0.4) is 0 Å². The first kappa shape index (κ1) is 12.7. The number of carbonyl (C=O) groups is 1. The Hall–Kier alpha value is -1.32. The Balaban J connectivity index is 2.83. The van der Waals surface area contributed by atoms with Gasteiger partial charge in [0.25, 0.3) is 5.91 Å². The van der Waals surface area contributed by atoms with Crippen molar-refractivity contribution >= 4 is 5.91 Å². The molecule has 16 heavy (non-hydrogen) atoms. The van der Waals surface area contributed by atoms with Gasteiger partial charge >= 0.3 is 0 Å². The minimum atomic E-state index is -0.238. The van der Waals surface area contributed by atoms with Crippen LogP contribution in [0.2, 0.25) is 0 Å². The first-order valence-electron chi connectivity index (χ1n) is 5.48. The van der Waals surface area contributed by atoms with E-state index in [2.05, 4.69) is 36.3 Å². The summed E-state index contributed by atoms with van der Waals surface area (Å²) in [6.45, 7) is 12.1. The molecular weight excluding hydrogens is 202 g/mol. The fourth-order valence-corrected chi connectivity index (χ4v) is 1.23. The van der Waals surface area contributed by atoms with Crippen molar-refractivity contribution in [1.29, 1.82) is 0 Å². The molecule has 0 spiro atoms. The number of rotatable bonds is 1. The van der Waals surface area contributed by atoms with E-state index in [-0.39, 0.29) is 16.9 Å². The van der Waals surface area contributed by atoms with Crippen molar-refractivity contribution < 1.29 is 4.79 Å². The van der Waals surface area contributed by atoms with E-state index in [1.807, 2.05) is 20.8 Å². The van der Waals surface area contributed by atoms with Gasteiger partial charge in [0.1, 0.15) is 5.69 Å². The van der Waals surface area contributed by atoms with Gasteiger partial charge in [0.05, 0.1) is 0 Å². The average Bonchev–Trinajstić information content (AvgIpc) is 2.46. The van der Waals surface area contributed by atoms with E-state index >= 15 is 0 Å². The molecule has 4 heteroatoms. The monoisotopic (exact) mass is 223 g/mol. The Morgan fingerprint density at radius 2 is 1.81 bits per heavy atom. The molecule has 4 nitrogen and oxygen atoms in total. The average molecular weight is 223 g/mol. The summed E-state index contributed by atoms with van der Waals surface area (Å²) in [7, 11) is 0. The van der Waals surface area contributed by atoms with Gasteiger partial charge < -0.3 is 5.32 Å². The second kappa shape index (κ2) is 3.92. The lowest BCUT2D eigenvalue weighted by Crippen LogP contribution is -2.40. The van der Waals surface area contributed by atoms with Crippen molar-refractivity contribution in [2.75, 3.05) is 0 Å². The van der Waals surface area contributed by atoms with Crippen LogP contribution in [0.15, 0.2) is 6.07 Å². The zero-order valence-electron chi connectivity index (χ0n) is 10.9. The lowest BCUT2D eigenvalue weighted by molar-refractivity contribution is 0.0914. The molecule has 0 aliphatic heterocycles. The Labute approximate surface area is 96.8 Å². The second-order valence-electron chi connectivity index (χ2n) is 6.12. The van der Waals surface area contributed by atoms with Crippen LogP contribution in [0.4, 0.5) is 0 Å². The summed E-state index contributed by atoms with van der Waals surface area (Å²) >= 11 is 0. The largest absolute Gasteiger partial charge is 0.346 e. The number of carbonyl (C=O) groups excluding carboxylic acids is 1. The third kappa shape index (κ3) is 3.36. The summed E-state index contributed by atoms with van der Waals surface area (Å²) in [4.78, 5) is 11.8. The highest BCUT2D eigenvalue weighted by molar-refractivity contribution is 5.92. The van der Waals surface area contributed by atoms with E-state index in [1.165, 1.54) is 0 Å². The first-order valence-corrected chi connectivity index (χ1v) is 5.48. The third-order valence-corrected chi connectivity index (χ3v) is 2.11. The van der Waals surface area contributed by atoms with Gasteiger partial charge in [0.15, 0.2) is 0 Å². The highest BCUT2D eigenvalue weighted by Gasteiger charge is 2.21. The van der Waals surface area contributed by atoms with Gasteiger partial charge in [0.2, 0.25) is 0 Å². The number of H-pyrrole nitrogens is 1. The summed E-state index contributed by atoms with van der Waals surface area (Å²) in [5.74, 6) is -0.140. The van der Waals surface area contributed by atoms with Crippen molar-refractivity contribution in [3.05, 3.63) is 17.5 Å². The van der Waals surface area contributed by atoms with Gasteiger partial charge in [-0.15, -0.1) is 0 Å². The van der Waals surface area contributed by atoms with E-state index < -0.39 is 0 Å². The van der Waals surface area contributed by atoms with Crippen molar-refractivity contribution in [3.8, 4) is 0 Å². The van der Waals surface area contributed by atoms with E-state index in [9.17, 15) is 4.79 Å². The molecule has 0 aromatic carbocycles. The number of amides is 1. The molecule has 0 atom stereocenters. The topological polar surface area (TPSA) is 57.8 Å². The van der Waals surface area contributed by atoms with Gasteiger partial charge in [-0.3, -0.25) is 9.89 Å². The summed E-state index contributed by atoms with van der Waals surface area (Å²) in [5.41, 5.74) is 1.15. The van der Waals surface area contributed by atoms with E-state index in [1.54, 1.807) is 6.07 Å². The fourth-order valence-electron chi connectivity index (χ4n) is 1.23. The number of aromatic amines is 1. The van der Waals surface area contributed by atoms with E-state index in [4.69, 9.17) is 0 Å². The normalized spacial score (nSPS) is 12.6. The van der Waals surface area contributed by atoms with Crippen LogP contribution in [0.1, 0.15) is 57.7 Å². The Kier molecular flexibility index (Phi) is 3.13. The maximum atomic E-state index is 11.8. The maximum absolute atomic E-state index is 11.8. The van der Waals surface area contributed by atoms with Crippen LogP contribution in [0.5, 0.6) is 0 Å². The van der Waals surface area contributed by atoms with Crippen LogP contribution in [-0.2, 0) is 5.41 Å². The molecule has 1 aromatic rings. The van der Waals surface area contributed by atoms with Crippen LogP contribution in [-0.4, -0.2) is 21.6 Å². The van der Waals surface area contributed by atoms with Gasteiger partial charge in [-0.05, 0) is 26.8 Å². The summed E-state index contributed by atoms with van der Waals surface area (Å²) in [5, 5.41) is 9.81. The molecule has 0 saturated heterocycles. The summed E-state index contributed by atoms with van der Waals surface area (Å²) in [6, 6.07) is 1.81. The standard InChI is InChI=1S/C12H21N3O/c1-11(2,3)9-7-8(14-15-9)10(16)13-12(4,5)6/h7H,1-6H3,(H,13,16)(H,14,15). The predicted molar refractivity (Wildman–Crippen MR) is 64.5 cm³/mol. The number of aromatic nitrogens is 2. The summed E-state index contributed by atoms with van der Waals surface area (Å²) in [6.07, 6.45) is 0. The van der Waals surface area contributed by atoms with Crippen molar-refractivity contribution in [3.63, 3.8) is 0 Å². The third-order valence-electron chi connectivity index (χ3n) is 2.11. The van der Waals surface area contributed by atoms with Gasteiger partial charge in [-0.1, -0.05) is 20.8 Å². The molecule has 1 heterocycles. The minimum Gasteiger partial charge on any atom is -0.346 e. The quantitative estimate of drug-likeness (QED) is 0.767. The number of nitrogens with zero attached hydrogens (tertiary/aromatic N) is 1. The number of nitrogens with one attached hydrogen (secondary N) is 2. The second-order valence-corrected chi connectivity index (χ2v) is 6.12. The van der Waals surface area contributed by atoms with Crippen molar-refractivity contribution in [2.45, 2.75) is 52.5 Å². The van der Waals surface area contributed by atoms with Crippen molar-refractivity contribution in [1.82, 2.24) is 15.5 Å². The van der Waals surface area contributed by atoms with Crippen LogP contribution in [0.25, 0.3) is 0 Å². The molecule has 1 rings (SSSR count). The highest BCUT2D eigenvalue weighted by atomic mass is 16.2. The van der Waals surface area contributed by atoms with Gasteiger partial charge in [-0.25, -0.2) is 0 Å².